The SMILES string of the molecule is CC(C)(C)OC(=O)n1nc(NC(=O)Cc2ccccc2)c2cc([N+](=O)[O-])ccc21. The first-order valence-electron chi connectivity index (χ1n) is 8.88. The summed E-state index contributed by atoms with van der Waals surface area (Å²) in [4.78, 5) is 35.5. The van der Waals surface area contributed by atoms with Gasteiger partial charge in [-0.3, -0.25) is 14.9 Å². The van der Waals surface area contributed by atoms with Gasteiger partial charge in [-0.05, 0) is 32.4 Å². The molecule has 1 amide bonds. The van der Waals surface area contributed by atoms with E-state index in [1.54, 1.807) is 20.8 Å². The van der Waals surface area contributed by atoms with Gasteiger partial charge in [0.05, 0.1) is 22.2 Å². The van der Waals surface area contributed by atoms with Crippen molar-refractivity contribution in [2.45, 2.75) is 32.8 Å². The fourth-order valence-electron chi connectivity index (χ4n) is 2.71. The molecule has 0 aliphatic heterocycles. The van der Waals surface area contributed by atoms with Gasteiger partial charge in [0.25, 0.3) is 5.69 Å². The second kappa shape index (κ2) is 7.70. The van der Waals surface area contributed by atoms with Crippen molar-refractivity contribution in [3.63, 3.8) is 0 Å². The summed E-state index contributed by atoms with van der Waals surface area (Å²) in [5.41, 5.74) is 0.152. The molecule has 150 valence electrons. The molecule has 0 spiro atoms. The molecule has 0 fully saturated rings. The monoisotopic (exact) mass is 396 g/mol. The molecular weight excluding hydrogens is 376 g/mol. The number of rotatable bonds is 4. The number of ether oxygens (including phenoxy) is 1. The first-order chi connectivity index (χ1) is 13.6. The van der Waals surface area contributed by atoms with Gasteiger partial charge in [-0.2, -0.15) is 4.68 Å². The number of anilines is 1. The average molecular weight is 396 g/mol. The molecular formula is C20H20N4O5. The van der Waals surface area contributed by atoms with Crippen LogP contribution in [0.4, 0.5) is 16.3 Å². The number of fused-ring (bicyclic) bond motifs is 1. The minimum absolute atomic E-state index is 0.0514. The molecule has 0 aliphatic carbocycles. The van der Waals surface area contributed by atoms with Gasteiger partial charge in [-0.15, -0.1) is 5.10 Å². The van der Waals surface area contributed by atoms with E-state index in [0.717, 1.165) is 10.2 Å². The van der Waals surface area contributed by atoms with Crippen LogP contribution in [0.5, 0.6) is 0 Å². The minimum Gasteiger partial charge on any atom is -0.442 e. The Morgan fingerprint density at radius 1 is 1.17 bits per heavy atom. The number of carbonyl (C=O) groups is 2. The lowest BCUT2D eigenvalue weighted by Crippen LogP contribution is -2.27. The molecule has 2 aromatic carbocycles. The maximum absolute atomic E-state index is 12.5. The van der Waals surface area contributed by atoms with Gasteiger partial charge in [0.15, 0.2) is 5.82 Å². The number of hydrogen-bond acceptors (Lipinski definition) is 6. The normalized spacial score (nSPS) is 11.3. The van der Waals surface area contributed by atoms with Crippen LogP contribution in [0.25, 0.3) is 10.9 Å². The highest BCUT2D eigenvalue weighted by molar-refractivity contribution is 6.03. The summed E-state index contributed by atoms with van der Waals surface area (Å²) in [6, 6.07) is 13.0. The van der Waals surface area contributed by atoms with E-state index >= 15 is 0 Å². The fraction of sp³-hybridized carbons (Fsp3) is 0.250. The molecule has 0 saturated carbocycles. The average Bonchev–Trinajstić information content (AvgIpc) is 2.99. The molecule has 29 heavy (non-hydrogen) atoms. The largest absolute Gasteiger partial charge is 0.442 e. The Bertz CT molecular complexity index is 1080. The van der Waals surface area contributed by atoms with Gasteiger partial charge in [-0.1, -0.05) is 30.3 Å². The van der Waals surface area contributed by atoms with Crippen LogP contribution in [0.1, 0.15) is 26.3 Å². The summed E-state index contributed by atoms with van der Waals surface area (Å²) < 4.78 is 6.33. The standard InChI is InChI=1S/C20H20N4O5/c1-20(2,3)29-19(26)23-16-10-9-14(24(27)28)12-15(16)18(22-23)21-17(25)11-13-7-5-4-6-8-13/h4-10,12H,11H2,1-3H3,(H,21,22,25). The van der Waals surface area contributed by atoms with Crippen molar-refractivity contribution in [2.24, 2.45) is 0 Å². The Balaban J connectivity index is 1.98. The number of carbonyl (C=O) groups excluding carboxylic acids is 2. The molecule has 0 radical (unpaired) electrons. The van der Waals surface area contributed by atoms with Gasteiger partial charge >= 0.3 is 6.09 Å². The zero-order chi connectivity index (χ0) is 21.2. The highest BCUT2D eigenvalue weighted by Gasteiger charge is 2.24. The van der Waals surface area contributed by atoms with Gasteiger partial charge < -0.3 is 10.1 Å². The maximum atomic E-state index is 12.5. The van der Waals surface area contributed by atoms with E-state index in [4.69, 9.17) is 4.74 Å². The van der Waals surface area contributed by atoms with Crippen LogP contribution in [-0.2, 0) is 16.0 Å². The molecule has 9 nitrogen and oxygen atoms in total. The van der Waals surface area contributed by atoms with Gasteiger partial charge in [0.1, 0.15) is 5.60 Å². The van der Waals surface area contributed by atoms with Crippen molar-refractivity contribution in [1.29, 1.82) is 0 Å². The van der Waals surface area contributed by atoms with E-state index in [0.29, 0.717) is 5.52 Å². The molecule has 0 unspecified atom stereocenters. The third-order valence-corrected chi connectivity index (χ3v) is 3.91. The molecule has 9 heteroatoms. The van der Waals surface area contributed by atoms with Crippen molar-refractivity contribution < 1.29 is 19.2 Å². The highest BCUT2D eigenvalue weighted by Crippen LogP contribution is 2.28. The van der Waals surface area contributed by atoms with Crippen LogP contribution >= 0.6 is 0 Å². The Labute approximate surface area is 166 Å². The number of amides is 1. The molecule has 1 N–H and O–H groups in total. The van der Waals surface area contributed by atoms with Crippen LogP contribution < -0.4 is 5.32 Å². The zero-order valence-electron chi connectivity index (χ0n) is 16.2. The summed E-state index contributed by atoms with van der Waals surface area (Å²) in [5, 5.41) is 18.2. The molecule has 0 bridgehead atoms. The topological polar surface area (TPSA) is 116 Å². The lowest BCUT2D eigenvalue weighted by Gasteiger charge is -2.19. The fourth-order valence-corrected chi connectivity index (χ4v) is 2.71. The molecule has 0 atom stereocenters. The first kappa shape index (κ1) is 20.0. The lowest BCUT2D eigenvalue weighted by atomic mass is 10.1. The van der Waals surface area contributed by atoms with Crippen molar-refractivity contribution in [3.05, 3.63) is 64.2 Å². The van der Waals surface area contributed by atoms with E-state index < -0.39 is 16.6 Å². The molecule has 0 saturated heterocycles. The van der Waals surface area contributed by atoms with E-state index in [9.17, 15) is 19.7 Å². The third kappa shape index (κ3) is 4.75. The van der Waals surface area contributed by atoms with Crippen LogP contribution in [-0.4, -0.2) is 32.3 Å². The van der Waals surface area contributed by atoms with Crippen LogP contribution in [0.15, 0.2) is 48.5 Å². The maximum Gasteiger partial charge on any atom is 0.435 e. The second-order valence-electron chi connectivity index (χ2n) is 7.41. The number of nitrogens with one attached hydrogen (secondary N) is 1. The number of aromatic nitrogens is 2. The Morgan fingerprint density at radius 3 is 2.48 bits per heavy atom. The molecule has 0 aliphatic rings. The van der Waals surface area contributed by atoms with Gasteiger partial charge in [0.2, 0.25) is 5.91 Å². The van der Waals surface area contributed by atoms with E-state index in [2.05, 4.69) is 10.4 Å². The number of benzene rings is 2. The van der Waals surface area contributed by atoms with Crippen LogP contribution in [0, 0.1) is 10.1 Å². The van der Waals surface area contributed by atoms with Gasteiger partial charge in [0, 0.05) is 12.1 Å². The number of nitro groups is 1. The summed E-state index contributed by atoms with van der Waals surface area (Å²) >= 11 is 0. The molecule has 1 heterocycles. The van der Waals surface area contributed by atoms with Crippen molar-refractivity contribution in [3.8, 4) is 0 Å². The highest BCUT2D eigenvalue weighted by atomic mass is 16.6. The summed E-state index contributed by atoms with van der Waals surface area (Å²) in [7, 11) is 0. The molecule has 1 aromatic heterocycles. The van der Waals surface area contributed by atoms with Crippen molar-refractivity contribution >= 4 is 34.4 Å². The number of nitro benzene ring substituents is 1. The van der Waals surface area contributed by atoms with Crippen molar-refractivity contribution in [2.75, 3.05) is 5.32 Å². The number of hydrogen-bond donors (Lipinski definition) is 1. The predicted octanol–water partition coefficient (Wildman–Crippen LogP) is 3.91. The van der Waals surface area contributed by atoms with Gasteiger partial charge in [-0.25, -0.2) is 4.79 Å². The van der Waals surface area contributed by atoms with Crippen molar-refractivity contribution in [1.82, 2.24) is 9.78 Å². The smallest absolute Gasteiger partial charge is 0.435 e. The Morgan fingerprint density at radius 2 is 1.86 bits per heavy atom. The van der Waals surface area contributed by atoms with Crippen LogP contribution in [0.3, 0.4) is 0 Å². The van der Waals surface area contributed by atoms with E-state index in [1.807, 2.05) is 30.3 Å². The number of nitrogens with zero attached hydrogens (tertiary/aromatic N) is 3. The third-order valence-electron chi connectivity index (χ3n) is 3.91. The molecule has 3 rings (SSSR count). The van der Waals surface area contributed by atoms with E-state index in [-0.39, 0.29) is 29.2 Å². The zero-order valence-corrected chi connectivity index (χ0v) is 16.2. The Kier molecular flexibility index (Phi) is 5.31. The molecule has 3 aromatic rings. The first-order valence-corrected chi connectivity index (χ1v) is 8.88. The summed E-state index contributed by atoms with van der Waals surface area (Å²) in [6.45, 7) is 5.14. The minimum atomic E-state index is -0.757. The lowest BCUT2D eigenvalue weighted by molar-refractivity contribution is -0.384. The summed E-state index contributed by atoms with van der Waals surface area (Å²) in [6.07, 6.45) is -0.656. The summed E-state index contributed by atoms with van der Waals surface area (Å²) in [5.74, 6) is -0.311. The second-order valence-corrected chi connectivity index (χ2v) is 7.41. The quantitative estimate of drug-likeness (QED) is 0.528. The van der Waals surface area contributed by atoms with E-state index in [1.165, 1.54) is 18.2 Å². The number of non-ortho nitro benzene ring substituents is 1. The predicted molar refractivity (Wildman–Crippen MR) is 107 cm³/mol. The Hall–Kier alpha value is -3.75. The van der Waals surface area contributed by atoms with Crippen LogP contribution in [0.2, 0.25) is 0 Å².